The lowest BCUT2D eigenvalue weighted by Gasteiger charge is -2.19. The number of fused-ring (bicyclic) bond motifs is 1. The topological polar surface area (TPSA) is 93.1 Å². The molecule has 0 bridgehead atoms. The number of nitrogens with zero attached hydrogens (tertiary/aromatic N) is 2. The van der Waals surface area contributed by atoms with Crippen LogP contribution in [0.15, 0.2) is 77.6 Å². The standard InChI is InChI=1S/C25H20F2N4O3/c1-28-23(32)21(16-11-12-19(26)20(27)13-16)29-24(33)22-17-9-5-6-10-18(17)25(34)31(30-22)14-15-7-3-2-4-8-15/h2-13,21H,14H2,1H3,(H,28,32)(H,29,33). The molecular weight excluding hydrogens is 442 g/mol. The van der Waals surface area contributed by atoms with Gasteiger partial charge in [-0.25, -0.2) is 13.5 Å². The van der Waals surface area contributed by atoms with E-state index in [0.29, 0.717) is 5.39 Å². The highest BCUT2D eigenvalue weighted by Crippen LogP contribution is 2.19. The minimum absolute atomic E-state index is 0.0495. The summed E-state index contributed by atoms with van der Waals surface area (Å²) in [4.78, 5) is 38.8. The molecule has 0 fully saturated rings. The van der Waals surface area contributed by atoms with Gasteiger partial charge < -0.3 is 10.6 Å². The van der Waals surface area contributed by atoms with Gasteiger partial charge in [0.15, 0.2) is 17.3 Å². The number of amides is 2. The van der Waals surface area contributed by atoms with Crippen LogP contribution in [0.1, 0.15) is 27.7 Å². The van der Waals surface area contributed by atoms with Crippen LogP contribution in [0.4, 0.5) is 8.78 Å². The number of halogens is 2. The first kappa shape index (κ1) is 22.8. The van der Waals surface area contributed by atoms with Crippen molar-refractivity contribution in [2.45, 2.75) is 12.6 Å². The van der Waals surface area contributed by atoms with Crippen LogP contribution in [0.2, 0.25) is 0 Å². The smallest absolute Gasteiger partial charge is 0.274 e. The Labute approximate surface area is 193 Å². The van der Waals surface area contributed by atoms with Crippen molar-refractivity contribution in [3.8, 4) is 0 Å². The number of nitrogens with one attached hydrogen (secondary N) is 2. The molecular formula is C25H20F2N4O3. The van der Waals surface area contributed by atoms with Crippen molar-refractivity contribution in [1.29, 1.82) is 0 Å². The molecule has 0 spiro atoms. The SMILES string of the molecule is CNC(=O)C(NC(=O)c1nn(Cc2ccccc2)c(=O)c2ccccc12)c1ccc(F)c(F)c1. The Bertz CT molecular complexity index is 1440. The third kappa shape index (κ3) is 4.54. The van der Waals surface area contributed by atoms with Crippen LogP contribution >= 0.6 is 0 Å². The first-order valence-electron chi connectivity index (χ1n) is 10.4. The lowest BCUT2D eigenvalue weighted by atomic mass is 10.0. The van der Waals surface area contributed by atoms with Gasteiger partial charge in [-0.05, 0) is 29.3 Å². The second kappa shape index (κ2) is 9.62. The van der Waals surface area contributed by atoms with Crippen molar-refractivity contribution in [2.75, 3.05) is 7.05 Å². The minimum Gasteiger partial charge on any atom is -0.357 e. The summed E-state index contributed by atoms with van der Waals surface area (Å²) in [5, 5.41) is 9.80. The summed E-state index contributed by atoms with van der Waals surface area (Å²) in [6.45, 7) is 0.132. The maximum atomic E-state index is 13.8. The van der Waals surface area contributed by atoms with E-state index >= 15 is 0 Å². The molecule has 4 aromatic rings. The van der Waals surface area contributed by atoms with E-state index in [1.807, 2.05) is 30.3 Å². The van der Waals surface area contributed by atoms with Gasteiger partial charge in [0.05, 0.1) is 11.9 Å². The molecule has 7 nitrogen and oxygen atoms in total. The predicted molar refractivity (Wildman–Crippen MR) is 122 cm³/mol. The summed E-state index contributed by atoms with van der Waals surface area (Å²) in [5.41, 5.74) is 0.402. The fourth-order valence-electron chi connectivity index (χ4n) is 3.60. The molecule has 34 heavy (non-hydrogen) atoms. The normalized spacial score (nSPS) is 11.7. The quantitative estimate of drug-likeness (QED) is 0.461. The van der Waals surface area contributed by atoms with Gasteiger partial charge in [0.1, 0.15) is 6.04 Å². The second-order valence-electron chi connectivity index (χ2n) is 7.54. The zero-order valence-electron chi connectivity index (χ0n) is 18.1. The molecule has 2 amide bonds. The molecule has 0 radical (unpaired) electrons. The van der Waals surface area contributed by atoms with E-state index in [2.05, 4.69) is 15.7 Å². The third-order valence-corrected chi connectivity index (χ3v) is 5.32. The van der Waals surface area contributed by atoms with Crippen LogP contribution in [0.25, 0.3) is 10.8 Å². The average Bonchev–Trinajstić information content (AvgIpc) is 2.86. The number of carbonyl (C=O) groups excluding carboxylic acids is 2. The first-order chi connectivity index (χ1) is 16.4. The minimum atomic E-state index is -1.32. The van der Waals surface area contributed by atoms with Gasteiger partial charge in [-0.1, -0.05) is 54.6 Å². The first-order valence-corrected chi connectivity index (χ1v) is 10.4. The Morgan fingerprint density at radius 3 is 2.29 bits per heavy atom. The summed E-state index contributed by atoms with van der Waals surface area (Å²) >= 11 is 0. The number of hydrogen-bond acceptors (Lipinski definition) is 4. The highest BCUT2D eigenvalue weighted by atomic mass is 19.2. The van der Waals surface area contributed by atoms with Crippen molar-refractivity contribution >= 4 is 22.6 Å². The summed E-state index contributed by atoms with van der Waals surface area (Å²) in [6, 6.07) is 17.3. The van der Waals surface area contributed by atoms with Gasteiger partial charge in [0.25, 0.3) is 11.5 Å². The van der Waals surface area contributed by atoms with Gasteiger partial charge in [0, 0.05) is 12.4 Å². The molecule has 9 heteroatoms. The Kier molecular flexibility index (Phi) is 6.44. The molecule has 1 aromatic heterocycles. The monoisotopic (exact) mass is 462 g/mol. The summed E-state index contributed by atoms with van der Waals surface area (Å²) in [5.74, 6) is -3.62. The van der Waals surface area contributed by atoms with E-state index in [9.17, 15) is 23.2 Å². The number of rotatable bonds is 6. The molecule has 2 N–H and O–H groups in total. The van der Waals surface area contributed by atoms with Crippen molar-refractivity contribution in [3.63, 3.8) is 0 Å². The van der Waals surface area contributed by atoms with Crippen LogP contribution in [-0.4, -0.2) is 28.6 Å². The van der Waals surface area contributed by atoms with Crippen LogP contribution in [-0.2, 0) is 11.3 Å². The molecule has 172 valence electrons. The fraction of sp³-hybridized carbons (Fsp3) is 0.120. The van der Waals surface area contributed by atoms with Gasteiger partial charge in [-0.15, -0.1) is 0 Å². The highest BCUT2D eigenvalue weighted by Gasteiger charge is 2.26. The Hall–Kier alpha value is -4.40. The summed E-state index contributed by atoms with van der Waals surface area (Å²) in [7, 11) is 1.36. The lowest BCUT2D eigenvalue weighted by molar-refractivity contribution is -0.122. The molecule has 0 aliphatic rings. The van der Waals surface area contributed by atoms with Crippen molar-refractivity contribution in [3.05, 3.63) is 112 Å². The van der Waals surface area contributed by atoms with Crippen LogP contribution in [0.3, 0.4) is 0 Å². The largest absolute Gasteiger partial charge is 0.357 e. The molecule has 0 saturated carbocycles. The molecule has 1 heterocycles. The predicted octanol–water partition coefficient (Wildman–Crippen LogP) is 2.94. The number of likely N-dealkylation sites (N-methyl/N-ethyl adjacent to an activating group) is 1. The highest BCUT2D eigenvalue weighted by molar-refractivity contribution is 6.06. The van der Waals surface area contributed by atoms with Crippen LogP contribution in [0.5, 0.6) is 0 Å². The zero-order chi connectivity index (χ0) is 24.2. The number of aromatic nitrogens is 2. The Morgan fingerprint density at radius 2 is 1.62 bits per heavy atom. The van der Waals surface area contributed by atoms with Gasteiger partial charge in [0.2, 0.25) is 5.91 Å². The molecule has 1 atom stereocenters. The van der Waals surface area contributed by atoms with Crippen molar-refractivity contribution in [2.24, 2.45) is 0 Å². The lowest BCUT2D eigenvalue weighted by Crippen LogP contribution is -2.40. The molecule has 1 unspecified atom stereocenters. The second-order valence-corrected chi connectivity index (χ2v) is 7.54. The van der Waals surface area contributed by atoms with Gasteiger partial charge in [-0.3, -0.25) is 14.4 Å². The molecule has 0 aliphatic carbocycles. The van der Waals surface area contributed by atoms with Crippen molar-refractivity contribution in [1.82, 2.24) is 20.4 Å². The zero-order valence-corrected chi connectivity index (χ0v) is 18.1. The maximum absolute atomic E-state index is 13.8. The Balaban J connectivity index is 1.77. The molecule has 3 aromatic carbocycles. The van der Waals surface area contributed by atoms with Gasteiger partial charge in [-0.2, -0.15) is 5.10 Å². The Morgan fingerprint density at radius 1 is 0.941 bits per heavy atom. The molecule has 0 aliphatic heterocycles. The number of benzene rings is 3. The van der Waals surface area contributed by atoms with E-state index in [-0.39, 0.29) is 28.7 Å². The van der Waals surface area contributed by atoms with Crippen molar-refractivity contribution < 1.29 is 18.4 Å². The van der Waals surface area contributed by atoms with E-state index in [1.165, 1.54) is 17.8 Å². The van der Waals surface area contributed by atoms with Crippen LogP contribution in [0, 0.1) is 11.6 Å². The number of hydrogen-bond donors (Lipinski definition) is 2. The third-order valence-electron chi connectivity index (χ3n) is 5.32. The molecule has 0 saturated heterocycles. The van der Waals surface area contributed by atoms with E-state index in [1.54, 1.807) is 24.3 Å². The maximum Gasteiger partial charge on any atom is 0.274 e. The average molecular weight is 462 g/mol. The summed E-state index contributed by atoms with van der Waals surface area (Å²) < 4.78 is 28.4. The van der Waals surface area contributed by atoms with Gasteiger partial charge >= 0.3 is 0 Å². The molecule has 4 rings (SSSR count). The summed E-state index contributed by atoms with van der Waals surface area (Å²) in [6.07, 6.45) is 0. The van der Waals surface area contributed by atoms with E-state index < -0.39 is 29.5 Å². The van der Waals surface area contributed by atoms with Crippen LogP contribution < -0.4 is 16.2 Å². The van der Waals surface area contributed by atoms with E-state index in [0.717, 1.165) is 17.7 Å². The fourth-order valence-corrected chi connectivity index (χ4v) is 3.60. The van der Waals surface area contributed by atoms with E-state index in [4.69, 9.17) is 0 Å². The number of carbonyl (C=O) groups is 2.